The quantitative estimate of drug-likeness (QED) is 0.833. The Morgan fingerprint density at radius 3 is 2.71 bits per heavy atom. The van der Waals surface area contributed by atoms with Crippen molar-refractivity contribution in [2.24, 2.45) is 0 Å². The fourth-order valence-corrected chi connectivity index (χ4v) is 2.22. The van der Waals surface area contributed by atoms with Crippen molar-refractivity contribution < 1.29 is 27.1 Å². The molecule has 1 aromatic carbocycles. The zero-order valence-electron chi connectivity index (χ0n) is 11.1. The summed E-state index contributed by atoms with van der Waals surface area (Å²) in [5.74, 6) is -2.46. The third kappa shape index (κ3) is 3.33. The summed E-state index contributed by atoms with van der Waals surface area (Å²) in [5.41, 5.74) is -2.09. The third-order valence-electron chi connectivity index (χ3n) is 3.33. The van der Waals surface area contributed by atoms with Crippen molar-refractivity contribution in [3.05, 3.63) is 35.1 Å². The molecule has 0 aromatic heterocycles. The number of hydrogen-bond acceptors (Lipinski definition) is 3. The summed E-state index contributed by atoms with van der Waals surface area (Å²) in [4.78, 5) is 12.0. The molecule has 2 atom stereocenters. The van der Waals surface area contributed by atoms with Gasteiger partial charge in [-0.15, -0.1) is 0 Å². The minimum Gasteiger partial charge on any atom is -0.378 e. The SMILES string of the molecule is COC1CNCC1NC(=O)c1cccc(C(F)(F)F)c1F. The number of methoxy groups -OCH3 is 1. The zero-order valence-corrected chi connectivity index (χ0v) is 11.1. The van der Waals surface area contributed by atoms with Gasteiger partial charge in [0.1, 0.15) is 5.82 Å². The minimum atomic E-state index is -4.84. The molecule has 1 aliphatic heterocycles. The third-order valence-corrected chi connectivity index (χ3v) is 3.33. The van der Waals surface area contributed by atoms with Crippen LogP contribution in [-0.2, 0) is 10.9 Å². The van der Waals surface area contributed by atoms with Gasteiger partial charge in [-0.3, -0.25) is 4.79 Å². The van der Waals surface area contributed by atoms with E-state index in [0.717, 1.165) is 12.1 Å². The minimum absolute atomic E-state index is 0.303. The summed E-state index contributed by atoms with van der Waals surface area (Å²) < 4.78 is 56.8. The van der Waals surface area contributed by atoms with Crippen molar-refractivity contribution in [3.63, 3.8) is 0 Å². The molecular formula is C13H14F4N2O2. The molecule has 0 aliphatic carbocycles. The molecule has 2 rings (SSSR count). The Bertz CT molecular complexity index is 533. The molecule has 8 heteroatoms. The van der Waals surface area contributed by atoms with Crippen LogP contribution in [-0.4, -0.2) is 38.3 Å². The van der Waals surface area contributed by atoms with Gasteiger partial charge in [0.15, 0.2) is 0 Å². The maximum absolute atomic E-state index is 13.8. The monoisotopic (exact) mass is 306 g/mol. The van der Waals surface area contributed by atoms with Crippen LogP contribution in [0.1, 0.15) is 15.9 Å². The first kappa shape index (κ1) is 15.7. The van der Waals surface area contributed by atoms with Gasteiger partial charge in [0, 0.05) is 20.2 Å². The lowest BCUT2D eigenvalue weighted by Gasteiger charge is -2.19. The highest BCUT2D eigenvalue weighted by Crippen LogP contribution is 2.32. The van der Waals surface area contributed by atoms with Gasteiger partial charge in [-0.2, -0.15) is 13.2 Å². The maximum Gasteiger partial charge on any atom is 0.419 e. The molecule has 2 unspecified atom stereocenters. The molecule has 116 valence electrons. The van der Waals surface area contributed by atoms with Crippen LogP contribution in [0.25, 0.3) is 0 Å². The summed E-state index contributed by atoms with van der Waals surface area (Å²) in [6, 6.07) is 2.20. The zero-order chi connectivity index (χ0) is 15.6. The number of carbonyl (C=O) groups is 1. The van der Waals surface area contributed by atoms with E-state index in [9.17, 15) is 22.4 Å². The first-order valence-electron chi connectivity index (χ1n) is 6.24. The van der Waals surface area contributed by atoms with Crippen molar-refractivity contribution in [1.29, 1.82) is 0 Å². The second-order valence-corrected chi connectivity index (χ2v) is 4.68. The number of hydrogen-bond donors (Lipinski definition) is 2. The Morgan fingerprint density at radius 2 is 2.10 bits per heavy atom. The number of carbonyl (C=O) groups excluding carboxylic acids is 1. The smallest absolute Gasteiger partial charge is 0.378 e. The van der Waals surface area contributed by atoms with Crippen molar-refractivity contribution in [3.8, 4) is 0 Å². The normalized spacial score (nSPS) is 22.3. The Hall–Kier alpha value is -1.67. The van der Waals surface area contributed by atoms with Crippen molar-refractivity contribution in [2.45, 2.75) is 18.3 Å². The van der Waals surface area contributed by atoms with Crippen LogP contribution in [0.3, 0.4) is 0 Å². The van der Waals surface area contributed by atoms with Gasteiger partial charge in [0.25, 0.3) is 5.91 Å². The molecular weight excluding hydrogens is 292 g/mol. The molecule has 0 saturated carbocycles. The number of benzene rings is 1. The summed E-state index contributed by atoms with van der Waals surface area (Å²) in [7, 11) is 1.46. The van der Waals surface area contributed by atoms with Gasteiger partial charge in [-0.25, -0.2) is 4.39 Å². The summed E-state index contributed by atoms with van der Waals surface area (Å²) in [6.45, 7) is 0.914. The highest BCUT2D eigenvalue weighted by atomic mass is 19.4. The topological polar surface area (TPSA) is 50.4 Å². The molecule has 1 amide bonds. The van der Waals surface area contributed by atoms with Crippen molar-refractivity contribution in [2.75, 3.05) is 20.2 Å². The number of halogens is 4. The number of ether oxygens (including phenoxy) is 1. The van der Waals surface area contributed by atoms with Crippen LogP contribution in [0.2, 0.25) is 0 Å². The van der Waals surface area contributed by atoms with E-state index < -0.39 is 35.1 Å². The number of rotatable bonds is 3. The Morgan fingerprint density at radius 1 is 1.38 bits per heavy atom. The summed E-state index contributed by atoms with van der Waals surface area (Å²) in [5, 5.41) is 5.45. The Balaban J connectivity index is 2.20. The van der Waals surface area contributed by atoms with Crippen LogP contribution in [0.5, 0.6) is 0 Å². The number of alkyl halides is 3. The molecule has 21 heavy (non-hydrogen) atoms. The molecule has 1 heterocycles. The van der Waals surface area contributed by atoms with E-state index in [2.05, 4.69) is 10.6 Å². The maximum atomic E-state index is 13.8. The fourth-order valence-electron chi connectivity index (χ4n) is 2.22. The van der Waals surface area contributed by atoms with Crippen molar-refractivity contribution in [1.82, 2.24) is 10.6 Å². The Labute approximate surface area is 118 Å². The lowest BCUT2D eigenvalue weighted by molar-refractivity contribution is -0.140. The Kier molecular flexibility index (Phi) is 4.48. The van der Waals surface area contributed by atoms with Crippen LogP contribution >= 0.6 is 0 Å². The molecule has 0 bridgehead atoms. The highest BCUT2D eigenvalue weighted by Gasteiger charge is 2.36. The molecule has 0 spiro atoms. The second-order valence-electron chi connectivity index (χ2n) is 4.68. The van der Waals surface area contributed by atoms with E-state index in [1.54, 1.807) is 0 Å². The first-order chi connectivity index (χ1) is 9.84. The van der Waals surface area contributed by atoms with E-state index in [4.69, 9.17) is 4.74 Å². The van der Waals surface area contributed by atoms with Gasteiger partial charge >= 0.3 is 6.18 Å². The van der Waals surface area contributed by atoms with Gasteiger partial charge in [0.2, 0.25) is 0 Å². The van der Waals surface area contributed by atoms with Crippen LogP contribution in [0.4, 0.5) is 17.6 Å². The van der Waals surface area contributed by atoms with Crippen LogP contribution in [0.15, 0.2) is 18.2 Å². The predicted octanol–water partition coefficient (Wildman–Crippen LogP) is 1.56. The standard InChI is InChI=1S/C13H14F4N2O2/c1-21-10-6-18-5-9(10)19-12(20)7-3-2-4-8(11(7)14)13(15,16)17/h2-4,9-10,18H,5-6H2,1H3,(H,19,20). The molecule has 4 nitrogen and oxygen atoms in total. The van der Waals surface area contributed by atoms with E-state index >= 15 is 0 Å². The largest absolute Gasteiger partial charge is 0.419 e. The van der Waals surface area contributed by atoms with Crippen LogP contribution < -0.4 is 10.6 Å². The van der Waals surface area contributed by atoms with Gasteiger partial charge in [-0.05, 0) is 12.1 Å². The lowest BCUT2D eigenvalue weighted by Crippen LogP contribution is -2.43. The lowest BCUT2D eigenvalue weighted by atomic mass is 10.1. The highest BCUT2D eigenvalue weighted by molar-refractivity contribution is 5.95. The van der Waals surface area contributed by atoms with Gasteiger partial charge < -0.3 is 15.4 Å². The summed E-state index contributed by atoms with van der Waals surface area (Å²) in [6.07, 6.45) is -5.15. The first-order valence-corrected chi connectivity index (χ1v) is 6.24. The molecule has 1 aromatic rings. The second kappa shape index (κ2) is 5.98. The molecule has 2 N–H and O–H groups in total. The van der Waals surface area contributed by atoms with Gasteiger partial charge in [0.05, 0.1) is 23.3 Å². The number of amides is 1. The van der Waals surface area contributed by atoms with Gasteiger partial charge in [-0.1, -0.05) is 6.07 Å². The van der Waals surface area contributed by atoms with E-state index in [1.807, 2.05) is 0 Å². The van der Waals surface area contributed by atoms with E-state index in [-0.39, 0.29) is 6.10 Å². The molecule has 1 fully saturated rings. The molecule has 0 radical (unpaired) electrons. The predicted molar refractivity (Wildman–Crippen MR) is 66.3 cm³/mol. The fraction of sp³-hybridized carbons (Fsp3) is 0.462. The number of nitrogens with one attached hydrogen (secondary N) is 2. The van der Waals surface area contributed by atoms with Crippen LogP contribution in [0, 0.1) is 5.82 Å². The van der Waals surface area contributed by atoms with E-state index in [0.29, 0.717) is 19.2 Å². The molecule has 1 aliphatic rings. The van der Waals surface area contributed by atoms with E-state index in [1.165, 1.54) is 7.11 Å². The average molecular weight is 306 g/mol. The van der Waals surface area contributed by atoms with Crippen molar-refractivity contribution >= 4 is 5.91 Å². The molecule has 1 saturated heterocycles. The summed E-state index contributed by atoms with van der Waals surface area (Å²) >= 11 is 0. The average Bonchev–Trinajstić information content (AvgIpc) is 2.84.